The first kappa shape index (κ1) is 23.1. The molecule has 0 aliphatic carbocycles. The van der Waals surface area contributed by atoms with Gasteiger partial charge in [0.05, 0.1) is 16.7 Å². The van der Waals surface area contributed by atoms with Crippen molar-refractivity contribution >= 4 is 32.3 Å². The number of nitrogens with one attached hydrogen (secondary N) is 2. The number of carbonyl (C=O) groups is 1. The highest BCUT2D eigenvalue weighted by Gasteiger charge is 2.19. The molecule has 0 radical (unpaired) electrons. The van der Waals surface area contributed by atoms with E-state index in [0.29, 0.717) is 5.69 Å². The Morgan fingerprint density at radius 3 is 2.49 bits per heavy atom. The number of carbonyl (C=O) groups excluding carboxylic acids is 1. The zero-order valence-electron chi connectivity index (χ0n) is 19.5. The number of rotatable bonds is 6. The number of fused-ring (bicyclic) bond motifs is 2. The Morgan fingerprint density at radius 1 is 0.914 bits per heavy atom. The van der Waals surface area contributed by atoms with Gasteiger partial charge in [0.2, 0.25) is 0 Å². The van der Waals surface area contributed by atoms with Gasteiger partial charge in [0.25, 0.3) is 0 Å². The maximum Gasteiger partial charge on any atom is 0.319 e. The van der Waals surface area contributed by atoms with Crippen LogP contribution in [0.4, 0.5) is 10.5 Å². The molecule has 6 nitrogen and oxygen atoms in total. The van der Waals surface area contributed by atoms with Gasteiger partial charge >= 0.3 is 6.03 Å². The summed E-state index contributed by atoms with van der Waals surface area (Å²) in [6, 6.07) is 25.8. The fourth-order valence-electron chi connectivity index (χ4n) is 4.66. The van der Waals surface area contributed by atoms with Crippen molar-refractivity contribution in [3.63, 3.8) is 0 Å². The molecule has 178 valence electrons. The minimum atomic E-state index is -3.49. The highest BCUT2D eigenvalue weighted by Crippen LogP contribution is 2.25. The normalized spacial score (nSPS) is 13.9. The molecule has 1 atom stereocenters. The molecule has 4 aromatic rings. The van der Waals surface area contributed by atoms with Crippen LogP contribution in [0.15, 0.2) is 89.8 Å². The average Bonchev–Trinajstić information content (AvgIpc) is 3.31. The lowest BCUT2D eigenvalue weighted by Gasteiger charge is -2.17. The van der Waals surface area contributed by atoms with Crippen LogP contribution in [0.5, 0.6) is 0 Å². The van der Waals surface area contributed by atoms with Crippen LogP contribution in [0.1, 0.15) is 35.2 Å². The number of anilines is 1. The standard InChI is InChI=1S/C28H27N3O3S/c1-19(26-8-4-6-21-5-2-3-7-27(21)26)30-28(32)31-24-11-13-25(14-12-24)35(33,34)18-20-9-10-22-16-29-17-23(22)15-20/h2-15,19,29H,16-18H2,1H3,(H2,30,31,32)/p+1. The van der Waals surface area contributed by atoms with Crippen LogP contribution in [-0.2, 0) is 28.7 Å². The minimum Gasteiger partial charge on any atom is -0.339 e. The Balaban J connectivity index is 1.23. The first-order valence-electron chi connectivity index (χ1n) is 11.7. The molecule has 0 fully saturated rings. The Hall–Kier alpha value is -3.68. The van der Waals surface area contributed by atoms with Crippen LogP contribution < -0.4 is 16.0 Å². The molecular formula is C28H28N3O3S+. The van der Waals surface area contributed by atoms with Gasteiger partial charge < -0.3 is 16.0 Å². The van der Waals surface area contributed by atoms with E-state index in [4.69, 9.17) is 0 Å². The summed E-state index contributed by atoms with van der Waals surface area (Å²) in [5.41, 5.74) is 4.84. The van der Waals surface area contributed by atoms with Gasteiger partial charge in [-0.3, -0.25) is 0 Å². The van der Waals surface area contributed by atoms with E-state index in [1.165, 1.54) is 11.1 Å². The highest BCUT2D eigenvalue weighted by atomic mass is 32.2. The molecule has 5 rings (SSSR count). The van der Waals surface area contributed by atoms with E-state index in [9.17, 15) is 13.2 Å². The summed E-state index contributed by atoms with van der Waals surface area (Å²) in [5.74, 6) is -0.0455. The predicted molar refractivity (Wildman–Crippen MR) is 138 cm³/mol. The number of hydrogen-bond donors (Lipinski definition) is 3. The van der Waals surface area contributed by atoms with Crippen LogP contribution in [0, 0.1) is 0 Å². The second-order valence-corrected chi connectivity index (χ2v) is 11.0. The topological polar surface area (TPSA) is 91.9 Å². The van der Waals surface area contributed by atoms with Gasteiger partial charge in [-0.1, -0.05) is 54.6 Å². The van der Waals surface area contributed by atoms with Crippen molar-refractivity contribution in [1.29, 1.82) is 0 Å². The molecule has 1 aliphatic rings. The number of hydrogen-bond acceptors (Lipinski definition) is 3. The molecule has 1 aliphatic heterocycles. The van der Waals surface area contributed by atoms with Gasteiger partial charge in [-0.15, -0.1) is 0 Å². The zero-order valence-corrected chi connectivity index (χ0v) is 20.3. The summed E-state index contributed by atoms with van der Waals surface area (Å²) in [5, 5.41) is 10.2. The van der Waals surface area contributed by atoms with Crippen molar-refractivity contribution in [2.24, 2.45) is 0 Å². The van der Waals surface area contributed by atoms with Crippen molar-refractivity contribution in [3.05, 3.63) is 107 Å². The molecule has 0 bridgehead atoms. The summed E-state index contributed by atoms with van der Waals surface area (Å²) in [6.07, 6.45) is 0. The van der Waals surface area contributed by atoms with Crippen molar-refractivity contribution in [2.75, 3.05) is 5.32 Å². The summed E-state index contributed by atoms with van der Waals surface area (Å²) in [7, 11) is -3.49. The number of nitrogens with two attached hydrogens (primary N) is 1. The molecule has 0 spiro atoms. The number of urea groups is 1. The van der Waals surface area contributed by atoms with Gasteiger partial charge in [0, 0.05) is 16.8 Å². The number of quaternary nitrogens is 1. The van der Waals surface area contributed by atoms with Crippen LogP contribution in [0.2, 0.25) is 0 Å². The third-order valence-corrected chi connectivity index (χ3v) is 8.17. The Bertz CT molecular complexity index is 1490. The lowest BCUT2D eigenvalue weighted by atomic mass is 10.00. The molecule has 4 N–H and O–H groups in total. The first-order chi connectivity index (χ1) is 16.9. The number of sulfone groups is 1. The molecule has 2 amide bonds. The third-order valence-electron chi connectivity index (χ3n) is 6.46. The maximum atomic E-state index is 12.9. The van der Waals surface area contributed by atoms with Crippen molar-refractivity contribution in [2.45, 2.75) is 36.7 Å². The second-order valence-electron chi connectivity index (χ2n) is 8.97. The van der Waals surface area contributed by atoms with E-state index in [1.807, 2.05) is 67.6 Å². The molecule has 35 heavy (non-hydrogen) atoms. The Labute approximate surface area is 205 Å². The summed E-state index contributed by atoms with van der Waals surface area (Å²) < 4.78 is 25.9. The molecule has 1 unspecified atom stereocenters. The van der Waals surface area contributed by atoms with E-state index in [1.54, 1.807) is 24.3 Å². The van der Waals surface area contributed by atoms with Crippen molar-refractivity contribution in [3.8, 4) is 0 Å². The Kier molecular flexibility index (Phi) is 6.28. The monoisotopic (exact) mass is 486 g/mol. The van der Waals surface area contributed by atoms with Crippen molar-refractivity contribution in [1.82, 2.24) is 5.32 Å². The van der Waals surface area contributed by atoms with E-state index in [0.717, 1.165) is 35.0 Å². The fourth-order valence-corrected chi connectivity index (χ4v) is 6.00. The van der Waals surface area contributed by atoms with Crippen molar-refractivity contribution < 1.29 is 18.5 Å². The summed E-state index contributed by atoms with van der Waals surface area (Å²) >= 11 is 0. The average molecular weight is 487 g/mol. The third kappa shape index (κ3) is 5.06. The van der Waals surface area contributed by atoms with Gasteiger partial charge in [0.1, 0.15) is 13.1 Å². The maximum absolute atomic E-state index is 12.9. The molecule has 0 saturated carbocycles. The van der Waals surface area contributed by atoms with Gasteiger partial charge in [0.15, 0.2) is 9.84 Å². The summed E-state index contributed by atoms with van der Waals surface area (Å²) in [4.78, 5) is 12.8. The van der Waals surface area contributed by atoms with Gasteiger partial charge in [-0.2, -0.15) is 0 Å². The van der Waals surface area contributed by atoms with Crippen LogP contribution >= 0.6 is 0 Å². The van der Waals surface area contributed by atoms with E-state index < -0.39 is 9.84 Å². The summed E-state index contributed by atoms with van der Waals surface area (Å²) in [6.45, 7) is 3.78. The predicted octanol–water partition coefficient (Wildman–Crippen LogP) is 4.27. The molecular weight excluding hydrogens is 458 g/mol. The quantitative estimate of drug-likeness (QED) is 0.380. The van der Waals surface area contributed by atoms with Crippen LogP contribution in [-0.4, -0.2) is 14.4 Å². The molecule has 1 heterocycles. The van der Waals surface area contributed by atoms with Crippen LogP contribution in [0.25, 0.3) is 10.8 Å². The first-order valence-corrected chi connectivity index (χ1v) is 13.3. The lowest BCUT2D eigenvalue weighted by molar-refractivity contribution is -0.676. The van der Waals surface area contributed by atoms with Crippen LogP contribution in [0.3, 0.4) is 0 Å². The molecule has 7 heteroatoms. The minimum absolute atomic E-state index is 0.0455. The fraction of sp³-hybridized carbons (Fsp3) is 0.179. The highest BCUT2D eigenvalue weighted by molar-refractivity contribution is 7.90. The largest absolute Gasteiger partial charge is 0.339 e. The number of amides is 2. The zero-order chi connectivity index (χ0) is 24.4. The molecule has 4 aromatic carbocycles. The number of benzene rings is 4. The van der Waals surface area contributed by atoms with E-state index in [-0.39, 0.29) is 22.7 Å². The van der Waals surface area contributed by atoms with E-state index in [2.05, 4.69) is 16.0 Å². The van der Waals surface area contributed by atoms with E-state index >= 15 is 0 Å². The molecule has 0 aromatic heterocycles. The van der Waals surface area contributed by atoms with Gasteiger partial charge in [-0.05, 0) is 59.2 Å². The SMILES string of the molecule is CC(NC(=O)Nc1ccc(S(=O)(=O)Cc2ccc3c(c2)C[NH2+]C3)cc1)c1cccc2ccccc12. The second kappa shape index (κ2) is 9.52. The van der Waals surface area contributed by atoms with Gasteiger partial charge in [-0.25, -0.2) is 13.2 Å². The smallest absolute Gasteiger partial charge is 0.319 e. The lowest BCUT2D eigenvalue weighted by Crippen LogP contribution is -2.77. The Morgan fingerprint density at radius 2 is 1.66 bits per heavy atom. The molecule has 0 saturated heterocycles.